The highest BCUT2D eigenvalue weighted by molar-refractivity contribution is 5.18. The van der Waals surface area contributed by atoms with E-state index in [4.69, 9.17) is 5.73 Å². The lowest BCUT2D eigenvalue weighted by molar-refractivity contribution is 0.278. The third-order valence-corrected chi connectivity index (χ3v) is 3.51. The van der Waals surface area contributed by atoms with E-state index in [1.165, 1.54) is 32.0 Å². The van der Waals surface area contributed by atoms with Gasteiger partial charge < -0.3 is 10.6 Å². The van der Waals surface area contributed by atoms with Crippen molar-refractivity contribution in [1.29, 1.82) is 0 Å². The molecule has 2 N–H and O–H groups in total. The first kappa shape index (κ1) is 12.5. The molecule has 1 aromatic rings. The summed E-state index contributed by atoms with van der Waals surface area (Å²) in [5, 5.41) is 0. The van der Waals surface area contributed by atoms with Crippen molar-refractivity contribution in [2.24, 2.45) is 11.7 Å². The SMILES string of the molecule is NCC(Cc1ccccc1F)CN1CCCC1. The van der Waals surface area contributed by atoms with E-state index in [0.717, 1.165) is 18.5 Å². The number of halogens is 1. The van der Waals surface area contributed by atoms with Crippen LogP contribution in [0, 0.1) is 11.7 Å². The summed E-state index contributed by atoms with van der Waals surface area (Å²) < 4.78 is 13.5. The molecule has 1 aromatic carbocycles. The van der Waals surface area contributed by atoms with Gasteiger partial charge in [-0.05, 0) is 56.4 Å². The molecule has 0 bridgehead atoms. The second kappa shape index (κ2) is 6.12. The fraction of sp³-hybridized carbons (Fsp3) is 0.571. The first-order valence-electron chi connectivity index (χ1n) is 6.45. The zero-order chi connectivity index (χ0) is 12.1. The van der Waals surface area contributed by atoms with Gasteiger partial charge in [0, 0.05) is 6.54 Å². The van der Waals surface area contributed by atoms with Gasteiger partial charge in [-0.15, -0.1) is 0 Å². The highest BCUT2D eigenvalue weighted by atomic mass is 19.1. The predicted octanol–water partition coefficient (Wildman–Crippen LogP) is 2.04. The van der Waals surface area contributed by atoms with Crippen LogP contribution >= 0.6 is 0 Å². The molecule has 1 saturated heterocycles. The maximum Gasteiger partial charge on any atom is 0.126 e. The summed E-state index contributed by atoms with van der Waals surface area (Å²) in [4.78, 5) is 2.44. The van der Waals surface area contributed by atoms with Gasteiger partial charge in [0.15, 0.2) is 0 Å². The summed E-state index contributed by atoms with van der Waals surface area (Å²) in [7, 11) is 0. The Morgan fingerprint density at radius 2 is 1.94 bits per heavy atom. The normalized spacial score (nSPS) is 18.5. The topological polar surface area (TPSA) is 29.3 Å². The molecule has 1 atom stereocenters. The monoisotopic (exact) mass is 236 g/mol. The Morgan fingerprint density at radius 3 is 2.59 bits per heavy atom. The molecule has 94 valence electrons. The lowest BCUT2D eigenvalue weighted by atomic mass is 9.98. The molecule has 0 aliphatic carbocycles. The molecule has 3 heteroatoms. The lowest BCUT2D eigenvalue weighted by Gasteiger charge is -2.22. The van der Waals surface area contributed by atoms with E-state index >= 15 is 0 Å². The Balaban J connectivity index is 1.92. The summed E-state index contributed by atoms with van der Waals surface area (Å²) in [6.45, 7) is 3.98. The van der Waals surface area contributed by atoms with Crippen LogP contribution in [0.4, 0.5) is 4.39 Å². The molecule has 1 fully saturated rings. The van der Waals surface area contributed by atoms with Crippen molar-refractivity contribution in [1.82, 2.24) is 4.90 Å². The zero-order valence-electron chi connectivity index (χ0n) is 10.2. The first-order chi connectivity index (χ1) is 8.29. The van der Waals surface area contributed by atoms with Gasteiger partial charge in [0.2, 0.25) is 0 Å². The number of hydrogen-bond acceptors (Lipinski definition) is 2. The van der Waals surface area contributed by atoms with Crippen LogP contribution in [0.1, 0.15) is 18.4 Å². The van der Waals surface area contributed by atoms with Gasteiger partial charge in [0.1, 0.15) is 5.82 Å². The summed E-state index contributed by atoms with van der Waals surface area (Å²) in [5.74, 6) is 0.261. The minimum atomic E-state index is -0.104. The molecule has 1 heterocycles. The van der Waals surface area contributed by atoms with Crippen LogP contribution in [-0.4, -0.2) is 31.1 Å². The van der Waals surface area contributed by atoms with E-state index in [1.807, 2.05) is 12.1 Å². The molecule has 0 spiro atoms. The number of likely N-dealkylation sites (tertiary alicyclic amines) is 1. The quantitative estimate of drug-likeness (QED) is 0.847. The van der Waals surface area contributed by atoms with Gasteiger partial charge in [-0.25, -0.2) is 4.39 Å². The Labute approximate surface area is 103 Å². The highest BCUT2D eigenvalue weighted by Gasteiger charge is 2.17. The molecule has 0 amide bonds. The molecule has 2 nitrogen and oxygen atoms in total. The third kappa shape index (κ3) is 3.51. The molecule has 0 radical (unpaired) electrons. The third-order valence-electron chi connectivity index (χ3n) is 3.51. The standard InChI is InChI=1S/C14H21FN2/c15-14-6-2-1-5-13(14)9-12(10-16)11-17-7-3-4-8-17/h1-2,5-6,12H,3-4,7-11,16H2. The molecule has 1 unspecified atom stereocenters. The fourth-order valence-electron chi connectivity index (χ4n) is 2.53. The van der Waals surface area contributed by atoms with Gasteiger partial charge in [0.25, 0.3) is 0 Å². The summed E-state index contributed by atoms with van der Waals surface area (Å²) in [6, 6.07) is 7.01. The van der Waals surface area contributed by atoms with E-state index in [1.54, 1.807) is 6.07 Å². The summed E-state index contributed by atoms with van der Waals surface area (Å²) in [5.41, 5.74) is 6.59. The number of rotatable bonds is 5. The van der Waals surface area contributed by atoms with Gasteiger partial charge in [-0.3, -0.25) is 0 Å². The van der Waals surface area contributed by atoms with Crippen LogP contribution in [0.25, 0.3) is 0 Å². The van der Waals surface area contributed by atoms with Crippen LogP contribution in [0.3, 0.4) is 0 Å². The maximum absolute atomic E-state index is 13.5. The lowest BCUT2D eigenvalue weighted by Crippen LogP contribution is -2.32. The van der Waals surface area contributed by atoms with E-state index in [9.17, 15) is 4.39 Å². The van der Waals surface area contributed by atoms with Crippen LogP contribution in [-0.2, 0) is 6.42 Å². The molecule has 17 heavy (non-hydrogen) atoms. The van der Waals surface area contributed by atoms with E-state index in [-0.39, 0.29) is 5.82 Å². The van der Waals surface area contributed by atoms with Crippen molar-refractivity contribution in [3.63, 3.8) is 0 Å². The minimum Gasteiger partial charge on any atom is -0.330 e. The number of nitrogens with two attached hydrogens (primary N) is 1. The molecular formula is C14H21FN2. The fourth-order valence-corrected chi connectivity index (χ4v) is 2.53. The summed E-state index contributed by atoms with van der Waals surface area (Å²) >= 11 is 0. The van der Waals surface area contributed by atoms with Crippen molar-refractivity contribution in [3.8, 4) is 0 Å². The maximum atomic E-state index is 13.5. The van der Waals surface area contributed by atoms with E-state index in [0.29, 0.717) is 12.5 Å². The van der Waals surface area contributed by atoms with Crippen LogP contribution in [0.5, 0.6) is 0 Å². The molecule has 2 rings (SSSR count). The second-order valence-corrected chi connectivity index (χ2v) is 4.90. The largest absolute Gasteiger partial charge is 0.330 e. The Bertz CT molecular complexity index is 348. The van der Waals surface area contributed by atoms with Crippen molar-refractivity contribution in [2.75, 3.05) is 26.2 Å². The van der Waals surface area contributed by atoms with Gasteiger partial charge in [0.05, 0.1) is 0 Å². The van der Waals surface area contributed by atoms with Crippen LogP contribution in [0.2, 0.25) is 0 Å². The van der Waals surface area contributed by atoms with Crippen molar-refractivity contribution in [2.45, 2.75) is 19.3 Å². The van der Waals surface area contributed by atoms with Crippen LogP contribution < -0.4 is 5.73 Å². The number of hydrogen-bond donors (Lipinski definition) is 1. The van der Waals surface area contributed by atoms with Crippen molar-refractivity contribution in [3.05, 3.63) is 35.6 Å². The van der Waals surface area contributed by atoms with E-state index < -0.39 is 0 Å². The number of benzene rings is 1. The van der Waals surface area contributed by atoms with Gasteiger partial charge in [-0.1, -0.05) is 18.2 Å². The highest BCUT2D eigenvalue weighted by Crippen LogP contribution is 2.15. The molecular weight excluding hydrogens is 215 g/mol. The first-order valence-corrected chi connectivity index (χ1v) is 6.45. The summed E-state index contributed by atoms with van der Waals surface area (Å²) in [6.07, 6.45) is 3.33. The molecule has 1 aliphatic heterocycles. The van der Waals surface area contributed by atoms with Crippen molar-refractivity contribution < 1.29 is 4.39 Å². The second-order valence-electron chi connectivity index (χ2n) is 4.90. The Morgan fingerprint density at radius 1 is 1.24 bits per heavy atom. The predicted molar refractivity (Wildman–Crippen MR) is 68.3 cm³/mol. The molecule has 0 aromatic heterocycles. The van der Waals surface area contributed by atoms with Crippen LogP contribution in [0.15, 0.2) is 24.3 Å². The minimum absolute atomic E-state index is 0.104. The average Bonchev–Trinajstić information content (AvgIpc) is 2.84. The number of nitrogens with zero attached hydrogens (tertiary/aromatic N) is 1. The Hall–Kier alpha value is -0.930. The molecule has 1 aliphatic rings. The van der Waals surface area contributed by atoms with Gasteiger partial charge >= 0.3 is 0 Å². The van der Waals surface area contributed by atoms with Gasteiger partial charge in [-0.2, -0.15) is 0 Å². The Kier molecular flexibility index (Phi) is 4.51. The zero-order valence-corrected chi connectivity index (χ0v) is 10.2. The molecule has 0 saturated carbocycles. The smallest absolute Gasteiger partial charge is 0.126 e. The van der Waals surface area contributed by atoms with E-state index in [2.05, 4.69) is 4.90 Å². The van der Waals surface area contributed by atoms with Crippen molar-refractivity contribution >= 4 is 0 Å². The average molecular weight is 236 g/mol.